The topological polar surface area (TPSA) is 74.8 Å². The monoisotopic (exact) mass is 152 g/mol. The first-order valence-corrected chi connectivity index (χ1v) is 3.21. The van der Waals surface area contributed by atoms with E-state index in [9.17, 15) is 0 Å². The summed E-state index contributed by atoms with van der Waals surface area (Å²) in [6, 6.07) is 1.50. The number of aryl methyl sites for hydroxylation is 1. The molecule has 0 fully saturated rings. The summed E-state index contributed by atoms with van der Waals surface area (Å²) in [7, 11) is 0. The van der Waals surface area contributed by atoms with E-state index in [4.69, 9.17) is 10.1 Å². The zero-order valence-corrected chi connectivity index (χ0v) is 6.35. The summed E-state index contributed by atoms with van der Waals surface area (Å²) in [5.41, 5.74) is 8.77. The maximum atomic E-state index is 8.10. The van der Waals surface area contributed by atoms with Crippen LogP contribution in [0.4, 0.5) is 0 Å². The average molecular weight is 152 g/mol. The van der Waals surface area contributed by atoms with Gasteiger partial charge < -0.3 is 4.52 Å². The third-order valence-corrected chi connectivity index (χ3v) is 1.30. The fourth-order valence-corrected chi connectivity index (χ4v) is 0.719. The molecule has 0 N–H and O–H groups in total. The van der Waals surface area contributed by atoms with Crippen LogP contribution in [0.3, 0.4) is 0 Å². The van der Waals surface area contributed by atoms with Crippen LogP contribution < -0.4 is 0 Å². The number of hydrogen-bond acceptors (Lipinski definition) is 3. The van der Waals surface area contributed by atoms with Crippen molar-refractivity contribution in [1.29, 1.82) is 0 Å². The van der Waals surface area contributed by atoms with Gasteiger partial charge in [-0.2, -0.15) is 0 Å². The van der Waals surface area contributed by atoms with Gasteiger partial charge in [0.15, 0.2) is 0 Å². The molecule has 0 amide bonds. The fourth-order valence-electron chi connectivity index (χ4n) is 0.719. The lowest BCUT2D eigenvalue weighted by atomic mass is 10.2. The molecule has 0 spiro atoms. The van der Waals surface area contributed by atoms with E-state index in [1.165, 1.54) is 0 Å². The molecular formula is C6H8N4O. The molecule has 5 heteroatoms. The second-order valence-electron chi connectivity index (χ2n) is 2.24. The molecule has 0 radical (unpaired) electrons. The van der Waals surface area contributed by atoms with Crippen LogP contribution in [0, 0.1) is 6.92 Å². The molecule has 0 aromatic carbocycles. The lowest BCUT2D eigenvalue weighted by Gasteiger charge is -1.93. The molecule has 11 heavy (non-hydrogen) atoms. The molecule has 1 aromatic rings. The SMILES string of the molecule is Cc1cc(C(C)N=[N+]=[N-])no1. The first-order valence-electron chi connectivity index (χ1n) is 3.21. The van der Waals surface area contributed by atoms with Gasteiger partial charge in [-0.1, -0.05) is 17.2 Å². The first-order chi connectivity index (χ1) is 5.24. The molecule has 0 aliphatic rings. The molecular weight excluding hydrogens is 144 g/mol. The summed E-state index contributed by atoms with van der Waals surface area (Å²) in [6.45, 7) is 3.55. The van der Waals surface area contributed by atoms with Crippen molar-refractivity contribution in [1.82, 2.24) is 5.16 Å². The van der Waals surface area contributed by atoms with E-state index in [0.717, 1.165) is 5.76 Å². The molecule has 0 bridgehead atoms. The van der Waals surface area contributed by atoms with Crippen molar-refractivity contribution in [3.05, 3.63) is 28.0 Å². The molecule has 0 saturated carbocycles. The lowest BCUT2D eigenvalue weighted by molar-refractivity contribution is 0.387. The smallest absolute Gasteiger partial charge is 0.133 e. The van der Waals surface area contributed by atoms with Gasteiger partial charge in [0.1, 0.15) is 5.76 Å². The number of nitrogens with zero attached hydrogens (tertiary/aromatic N) is 4. The predicted molar refractivity (Wildman–Crippen MR) is 38.8 cm³/mol. The van der Waals surface area contributed by atoms with Gasteiger partial charge in [-0.3, -0.25) is 0 Å². The average Bonchev–Trinajstić information content (AvgIpc) is 2.36. The Morgan fingerprint density at radius 3 is 3.00 bits per heavy atom. The van der Waals surface area contributed by atoms with Gasteiger partial charge in [0.05, 0.1) is 11.7 Å². The minimum absolute atomic E-state index is 0.252. The Kier molecular flexibility index (Phi) is 2.13. The Hall–Kier alpha value is -1.48. The van der Waals surface area contributed by atoms with Gasteiger partial charge >= 0.3 is 0 Å². The van der Waals surface area contributed by atoms with Crippen molar-refractivity contribution in [3.8, 4) is 0 Å². The van der Waals surface area contributed by atoms with Crippen LogP contribution in [0.5, 0.6) is 0 Å². The third kappa shape index (κ3) is 1.72. The third-order valence-electron chi connectivity index (χ3n) is 1.30. The highest BCUT2D eigenvalue weighted by atomic mass is 16.5. The van der Waals surface area contributed by atoms with E-state index in [1.807, 2.05) is 0 Å². The Morgan fingerprint density at radius 2 is 2.55 bits per heavy atom. The molecule has 1 atom stereocenters. The Labute approximate surface area is 63.6 Å². The molecule has 5 nitrogen and oxygen atoms in total. The van der Waals surface area contributed by atoms with Crippen molar-refractivity contribution in [3.63, 3.8) is 0 Å². The highest BCUT2D eigenvalue weighted by molar-refractivity contribution is 5.07. The largest absolute Gasteiger partial charge is 0.361 e. The molecule has 0 saturated heterocycles. The summed E-state index contributed by atoms with van der Waals surface area (Å²) in [5.74, 6) is 0.722. The zero-order chi connectivity index (χ0) is 8.27. The van der Waals surface area contributed by atoms with Gasteiger partial charge in [0.25, 0.3) is 0 Å². The van der Waals surface area contributed by atoms with E-state index in [-0.39, 0.29) is 6.04 Å². The zero-order valence-electron chi connectivity index (χ0n) is 6.35. The van der Waals surface area contributed by atoms with Gasteiger partial charge in [-0.15, -0.1) is 0 Å². The normalized spacial score (nSPS) is 12.2. The standard InChI is InChI=1S/C6H8N4O/c1-4-3-6(9-11-4)5(2)8-10-7/h3,5H,1-2H3. The van der Waals surface area contributed by atoms with E-state index in [0.29, 0.717) is 5.69 Å². The Balaban J connectivity index is 2.84. The number of aromatic nitrogens is 1. The first kappa shape index (κ1) is 7.63. The molecule has 1 unspecified atom stereocenters. The summed E-state index contributed by atoms with van der Waals surface area (Å²) < 4.78 is 4.80. The number of hydrogen-bond donors (Lipinski definition) is 0. The van der Waals surface area contributed by atoms with Crippen LogP contribution in [-0.4, -0.2) is 5.16 Å². The predicted octanol–water partition coefficient (Wildman–Crippen LogP) is 2.35. The summed E-state index contributed by atoms with van der Waals surface area (Å²) >= 11 is 0. The molecule has 1 rings (SSSR count). The minimum Gasteiger partial charge on any atom is -0.361 e. The minimum atomic E-state index is -0.252. The maximum Gasteiger partial charge on any atom is 0.133 e. The van der Waals surface area contributed by atoms with Crippen molar-refractivity contribution in [2.75, 3.05) is 0 Å². The van der Waals surface area contributed by atoms with Crippen LogP contribution in [-0.2, 0) is 0 Å². The van der Waals surface area contributed by atoms with Crippen molar-refractivity contribution in [2.24, 2.45) is 5.11 Å². The van der Waals surface area contributed by atoms with E-state index < -0.39 is 0 Å². The Bertz CT molecular complexity index is 287. The number of azide groups is 1. The highest BCUT2D eigenvalue weighted by Gasteiger charge is 2.06. The number of rotatable bonds is 2. The molecule has 0 aliphatic carbocycles. The lowest BCUT2D eigenvalue weighted by Crippen LogP contribution is -1.86. The molecule has 58 valence electrons. The van der Waals surface area contributed by atoms with Crippen LogP contribution in [0.25, 0.3) is 10.4 Å². The van der Waals surface area contributed by atoms with Gasteiger partial charge in [-0.25, -0.2) is 0 Å². The Morgan fingerprint density at radius 1 is 1.82 bits per heavy atom. The summed E-state index contributed by atoms with van der Waals surface area (Å²) in [4.78, 5) is 2.66. The molecule has 1 heterocycles. The van der Waals surface area contributed by atoms with Crippen LogP contribution >= 0.6 is 0 Å². The van der Waals surface area contributed by atoms with Gasteiger partial charge in [0, 0.05) is 11.0 Å². The van der Waals surface area contributed by atoms with Crippen LogP contribution in [0.15, 0.2) is 15.7 Å². The second kappa shape index (κ2) is 3.07. The van der Waals surface area contributed by atoms with Crippen molar-refractivity contribution >= 4 is 0 Å². The molecule has 0 aliphatic heterocycles. The second-order valence-corrected chi connectivity index (χ2v) is 2.24. The quantitative estimate of drug-likeness (QED) is 0.370. The van der Waals surface area contributed by atoms with Gasteiger partial charge in [0.2, 0.25) is 0 Å². The van der Waals surface area contributed by atoms with E-state index in [1.54, 1.807) is 19.9 Å². The van der Waals surface area contributed by atoms with Crippen LogP contribution in [0.1, 0.15) is 24.4 Å². The van der Waals surface area contributed by atoms with Crippen LogP contribution in [0.2, 0.25) is 0 Å². The van der Waals surface area contributed by atoms with Crippen molar-refractivity contribution < 1.29 is 4.52 Å². The molecule has 1 aromatic heterocycles. The van der Waals surface area contributed by atoms with Gasteiger partial charge in [-0.05, 0) is 12.5 Å². The van der Waals surface area contributed by atoms with E-state index in [2.05, 4.69) is 15.2 Å². The maximum absolute atomic E-state index is 8.10. The fraction of sp³-hybridized carbons (Fsp3) is 0.500. The van der Waals surface area contributed by atoms with Crippen molar-refractivity contribution in [2.45, 2.75) is 19.9 Å². The summed E-state index contributed by atoms with van der Waals surface area (Å²) in [5, 5.41) is 7.16. The summed E-state index contributed by atoms with van der Waals surface area (Å²) in [6.07, 6.45) is 0. The highest BCUT2D eigenvalue weighted by Crippen LogP contribution is 2.15. The van der Waals surface area contributed by atoms with E-state index >= 15 is 0 Å².